The van der Waals surface area contributed by atoms with E-state index < -0.39 is 0 Å². The number of aryl methyl sites for hydroxylation is 1. The molecule has 4 heteroatoms. The Morgan fingerprint density at radius 1 is 1.04 bits per heavy atom. The molecule has 0 bridgehead atoms. The summed E-state index contributed by atoms with van der Waals surface area (Å²) in [5.41, 5.74) is 8.28. The van der Waals surface area contributed by atoms with E-state index in [0.717, 1.165) is 30.3 Å². The lowest BCUT2D eigenvalue weighted by atomic mass is 9.94. The molecule has 2 heterocycles. The molecule has 1 aromatic carbocycles. The zero-order chi connectivity index (χ0) is 16.9. The van der Waals surface area contributed by atoms with Crippen molar-refractivity contribution in [2.24, 2.45) is 4.99 Å². The Labute approximate surface area is 138 Å². The summed E-state index contributed by atoms with van der Waals surface area (Å²) in [5.74, 6) is 0.892. The number of hydrogen-bond donors (Lipinski definition) is 0. The van der Waals surface area contributed by atoms with Crippen LogP contribution in [-0.4, -0.2) is 34.8 Å². The molecule has 4 nitrogen and oxygen atoms in total. The normalized spacial score (nSPS) is 17.8. The summed E-state index contributed by atoms with van der Waals surface area (Å²) in [6.07, 6.45) is 0. The third-order valence-corrected chi connectivity index (χ3v) is 5.49. The molecule has 23 heavy (non-hydrogen) atoms. The molecule has 0 fully saturated rings. The van der Waals surface area contributed by atoms with Crippen molar-refractivity contribution in [1.82, 2.24) is 9.80 Å². The monoisotopic (exact) mass is 311 g/mol. The molecule has 1 aromatic rings. The lowest BCUT2D eigenvalue weighted by molar-refractivity contribution is -0.124. The third kappa shape index (κ3) is 2.37. The van der Waals surface area contributed by atoms with Crippen LogP contribution in [0.4, 0.5) is 0 Å². The van der Waals surface area contributed by atoms with Crippen LogP contribution in [0.2, 0.25) is 0 Å². The third-order valence-electron chi connectivity index (χ3n) is 5.49. The highest BCUT2D eigenvalue weighted by molar-refractivity contribution is 6.09. The van der Waals surface area contributed by atoms with Gasteiger partial charge in [-0.25, -0.2) is 0 Å². The van der Waals surface area contributed by atoms with Gasteiger partial charge in [0.1, 0.15) is 0 Å². The van der Waals surface area contributed by atoms with Gasteiger partial charge in [0.2, 0.25) is 5.96 Å². The number of fused-ring (bicyclic) bond motifs is 1. The number of aliphatic imine (C=N–C) groups is 1. The first-order valence-corrected chi connectivity index (χ1v) is 8.20. The fourth-order valence-electron chi connectivity index (χ4n) is 3.41. The lowest BCUT2D eigenvalue weighted by Gasteiger charge is -2.36. The van der Waals surface area contributed by atoms with E-state index in [2.05, 4.69) is 43.7 Å². The van der Waals surface area contributed by atoms with Gasteiger partial charge in [0.05, 0.1) is 13.1 Å². The number of carbonyl (C=O) groups excluding carboxylic acids is 1. The molecule has 2 aliphatic heterocycles. The van der Waals surface area contributed by atoms with Crippen LogP contribution in [0.5, 0.6) is 0 Å². The van der Waals surface area contributed by atoms with Gasteiger partial charge in [-0.1, -0.05) is 6.07 Å². The van der Waals surface area contributed by atoms with Crippen LogP contribution in [0.15, 0.2) is 22.3 Å². The predicted octanol–water partition coefficient (Wildman–Crippen LogP) is 3.23. The number of carbonyl (C=O) groups is 1. The van der Waals surface area contributed by atoms with E-state index in [0.29, 0.717) is 6.54 Å². The smallest absolute Gasteiger partial charge is 0.258 e. The highest BCUT2D eigenvalue weighted by Gasteiger charge is 2.35. The maximum Gasteiger partial charge on any atom is 0.258 e. The van der Waals surface area contributed by atoms with Gasteiger partial charge in [0.15, 0.2) is 0 Å². The molecular formula is C19H25N3O. The van der Waals surface area contributed by atoms with Crippen LogP contribution in [0.1, 0.15) is 41.7 Å². The summed E-state index contributed by atoms with van der Waals surface area (Å²) in [4.78, 5) is 21.4. The fraction of sp³-hybridized carbons (Fsp3) is 0.474. The fourth-order valence-corrected chi connectivity index (χ4v) is 3.41. The molecular weight excluding hydrogens is 286 g/mol. The van der Waals surface area contributed by atoms with Crippen LogP contribution in [-0.2, 0) is 11.3 Å². The van der Waals surface area contributed by atoms with E-state index in [1.807, 2.05) is 18.7 Å². The first-order valence-electron chi connectivity index (χ1n) is 8.20. The minimum atomic E-state index is 0.0784. The van der Waals surface area contributed by atoms with Gasteiger partial charge in [-0.05, 0) is 69.4 Å². The van der Waals surface area contributed by atoms with Crippen molar-refractivity contribution in [3.63, 3.8) is 0 Å². The van der Waals surface area contributed by atoms with Gasteiger partial charge in [-0.2, -0.15) is 0 Å². The molecule has 1 amide bonds. The van der Waals surface area contributed by atoms with E-state index >= 15 is 0 Å². The molecule has 0 N–H and O–H groups in total. The van der Waals surface area contributed by atoms with Crippen LogP contribution in [0.3, 0.4) is 0 Å². The number of rotatable bonds is 2. The Balaban J connectivity index is 2.02. The molecule has 0 aromatic heterocycles. The maximum atomic E-state index is 12.8. The van der Waals surface area contributed by atoms with E-state index in [9.17, 15) is 4.79 Å². The van der Waals surface area contributed by atoms with E-state index in [1.165, 1.54) is 27.8 Å². The Morgan fingerprint density at radius 2 is 1.74 bits per heavy atom. The van der Waals surface area contributed by atoms with Crippen molar-refractivity contribution >= 4 is 11.9 Å². The quantitative estimate of drug-likeness (QED) is 0.840. The van der Waals surface area contributed by atoms with Gasteiger partial charge in [0, 0.05) is 17.8 Å². The van der Waals surface area contributed by atoms with Gasteiger partial charge < -0.3 is 4.90 Å². The molecule has 2 aliphatic rings. The average Bonchev–Trinajstić information content (AvgIpc) is 3.01. The van der Waals surface area contributed by atoms with Crippen molar-refractivity contribution < 1.29 is 4.79 Å². The van der Waals surface area contributed by atoms with Gasteiger partial charge in [0.25, 0.3) is 5.91 Å². The molecule has 122 valence electrons. The first kappa shape index (κ1) is 15.8. The summed E-state index contributed by atoms with van der Waals surface area (Å²) in [6.45, 7) is 14.7. The van der Waals surface area contributed by atoms with Gasteiger partial charge in [-0.3, -0.25) is 14.7 Å². The second-order valence-electron chi connectivity index (χ2n) is 6.66. The van der Waals surface area contributed by atoms with E-state index in [4.69, 9.17) is 0 Å². The minimum absolute atomic E-state index is 0.0784. The zero-order valence-corrected chi connectivity index (χ0v) is 14.9. The maximum absolute atomic E-state index is 12.8. The van der Waals surface area contributed by atoms with Crippen molar-refractivity contribution in [2.45, 2.75) is 48.1 Å². The molecule has 0 radical (unpaired) electrons. The van der Waals surface area contributed by atoms with Crippen LogP contribution < -0.4 is 0 Å². The van der Waals surface area contributed by atoms with Crippen LogP contribution in [0.25, 0.3) is 0 Å². The Kier molecular flexibility index (Phi) is 3.78. The van der Waals surface area contributed by atoms with Crippen molar-refractivity contribution in [2.75, 3.05) is 13.1 Å². The van der Waals surface area contributed by atoms with Crippen LogP contribution in [0, 0.1) is 27.7 Å². The average molecular weight is 311 g/mol. The van der Waals surface area contributed by atoms with Crippen molar-refractivity contribution in [3.05, 3.63) is 45.2 Å². The molecule has 0 unspecified atom stereocenters. The summed E-state index contributed by atoms with van der Waals surface area (Å²) >= 11 is 0. The zero-order valence-electron chi connectivity index (χ0n) is 14.9. The summed E-state index contributed by atoms with van der Waals surface area (Å²) in [7, 11) is 0. The van der Waals surface area contributed by atoms with Crippen molar-refractivity contribution in [1.29, 1.82) is 0 Å². The van der Waals surface area contributed by atoms with Crippen LogP contribution >= 0.6 is 0 Å². The number of allylic oxidation sites excluding steroid dienone is 1. The molecule has 0 spiro atoms. The summed E-state index contributed by atoms with van der Waals surface area (Å²) < 4.78 is 0. The first-order chi connectivity index (χ1) is 10.8. The highest BCUT2D eigenvalue weighted by atomic mass is 16.2. The largest absolute Gasteiger partial charge is 0.314 e. The Morgan fingerprint density at radius 3 is 2.43 bits per heavy atom. The lowest BCUT2D eigenvalue weighted by Crippen LogP contribution is -2.49. The van der Waals surface area contributed by atoms with Gasteiger partial charge in [-0.15, -0.1) is 0 Å². The van der Waals surface area contributed by atoms with Gasteiger partial charge >= 0.3 is 0 Å². The molecule has 0 atom stereocenters. The number of amides is 1. The number of nitrogens with zero attached hydrogens (tertiary/aromatic N) is 3. The topological polar surface area (TPSA) is 35.9 Å². The highest BCUT2D eigenvalue weighted by Crippen LogP contribution is 2.28. The number of benzene rings is 1. The van der Waals surface area contributed by atoms with E-state index in [1.54, 1.807) is 0 Å². The molecule has 3 rings (SSSR count). The number of guanidine groups is 1. The SMILES string of the molecule is CC1=C(C)N2CCN=C2N(Cc2cc(C)c(C)c(C)c2C)C1=O. The second-order valence-corrected chi connectivity index (χ2v) is 6.66. The predicted molar refractivity (Wildman–Crippen MR) is 93.3 cm³/mol. The summed E-state index contributed by atoms with van der Waals surface area (Å²) in [5, 5.41) is 0. The Bertz CT molecular complexity index is 758. The Hall–Kier alpha value is -2.10. The number of hydrogen-bond acceptors (Lipinski definition) is 3. The minimum Gasteiger partial charge on any atom is -0.314 e. The molecule has 0 aliphatic carbocycles. The summed E-state index contributed by atoms with van der Waals surface area (Å²) in [6, 6.07) is 2.21. The van der Waals surface area contributed by atoms with Crippen molar-refractivity contribution in [3.8, 4) is 0 Å². The molecule has 0 saturated heterocycles. The standard InChI is InChI=1S/C19H25N3O/c1-11-9-17(14(4)13(3)12(11)2)10-22-18(23)15(5)16(6)21-8-7-20-19(21)22/h9H,7-8,10H2,1-6H3. The second kappa shape index (κ2) is 5.52. The van der Waals surface area contributed by atoms with E-state index in [-0.39, 0.29) is 5.91 Å². The molecule has 0 saturated carbocycles.